The highest BCUT2D eigenvalue weighted by Crippen LogP contribution is 2.16. The summed E-state index contributed by atoms with van der Waals surface area (Å²) in [6, 6.07) is 9.07. The predicted molar refractivity (Wildman–Crippen MR) is 79.7 cm³/mol. The Kier molecular flexibility index (Phi) is 2.65. The van der Waals surface area contributed by atoms with Crippen LogP contribution in [-0.4, -0.2) is 25.5 Å². The van der Waals surface area contributed by atoms with Crippen molar-refractivity contribution in [3.63, 3.8) is 0 Å². The summed E-state index contributed by atoms with van der Waals surface area (Å²) in [5, 5.41) is 6.95. The van der Waals surface area contributed by atoms with Gasteiger partial charge in [0.15, 0.2) is 11.2 Å². The second-order valence-corrected chi connectivity index (χ2v) is 4.87. The van der Waals surface area contributed by atoms with Crippen LogP contribution in [0.15, 0.2) is 47.1 Å². The minimum atomic E-state index is -0.429. The smallest absolute Gasteiger partial charge is 0.311 e. The molecule has 1 aromatic carbocycles. The quantitative estimate of drug-likeness (QED) is 0.613. The van der Waals surface area contributed by atoms with Crippen LogP contribution >= 0.6 is 0 Å². The Hall–Kier alpha value is -3.22. The van der Waals surface area contributed by atoms with Crippen LogP contribution in [-0.2, 0) is 0 Å². The molecule has 3 heterocycles. The molecule has 0 aliphatic rings. The van der Waals surface area contributed by atoms with E-state index in [0.29, 0.717) is 16.8 Å². The number of para-hydroxylation sites is 2. The number of amides is 1. The minimum absolute atomic E-state index is 0.0120. The molecular formula is C15H11N5O2. The maximum absolute atomic E-state index is 12.2. The lowest BCUT2D eigenvalue weighted by molar-refractivity contribution is 0.0992. The Morgan fingerprint density at radius 1 is 1.32 bits per heavy atom. The second kappa shape index (κ2) is 4.66. The van der Waals surface area contributed by atoms with Crippen molar-refractivity contribution >= 4 is 28.3 Å². The molecule has 0 atom stereocenters. The highest BCUT2D eigenvalue weighted by atomic mass is 16.4. The molecule has 3 aromatic heterocycles. The third-order valence-corrected chi connectivity index (χ3v) is 3.18. The molecule has 0 bridgehead atoms. The first kappa shape index (κ1) is 12.5. The zero-order chi connectivity index (χ0) is 15.1. The molecule has 0 spiro atoms. The summed E-state index contributed by atoms with van der Waals surface area (Å²) in [6.45, 7) is 1.88. The van der Waals surface area contributed by atoms with E-state index in [1.54, 1.807) is 29.0 Å². The Balaban J connectivity index is 1.64. The number of carbonyl (C=O) groups is 1. The van der Waals surface area contributed by atoms with E-state index in [0.717, 1.165) is 11.3 Å². The number of rotatable bonds is 2. The molecule has 0 aliphatic heterocycles. The van der Waals surface area contributed by atoms with E-state index in [2.05, 4.69) is 20.4 Å². The van der Waals surface area contributed by atoms with E-state index < -0.39 is 5.91 Å². The van der Waals surface area contributed by atoms with Gasteiger partial charge in [-0.15, -0.1) is 0 Å². The van der Waals surface area contributed by atoms with Crippen LogP contribution in [0.4, 0.5) is 5.69 Å². The van der Waals surface area contributed by atoms with Gasteiger partial charge in [-0.3, -0.25) is 4.79 Å². The molecule has 7 heteroatoms. The summed E-state index contributed by atoms with van der Waals surface area (Å²) in [5.41, 5.74) is 3.31. The molecule has 4 aromatic rings. The van der Waals surface area contributed by atoms with E-state index in [1.807, 2.05) is 25.1 Å². The van der Waals surface area contributed by atoms with Crippen molar-refractivity contribution in [2.24, 2.45) is 0 Å². The average Bonchev–Trinajstić information content (AvgIpc) is 3.08. The van der Waals surface area contributed by atoms with Crippen LogP contribution in [0.3, 0.4) is 0 Å². The van der Waals surface area contributed by atoms with E-state index in [-0.39, 0.29) is 5.89 Å². The molecule has 7 nitrogen and oxygen atoms in total. The fourth-order valence-corrected chi connectivity index (χ4v) is 2.21. The SMILES string of the molecule is Cc1cc2ncc(NC(=O)c3nc4ccccc4o3)cn2n1. The highest BCUT2D eigenvalue weighted by Gasteiger charge is 2.14. The van der Waals surface area contributed by atoms with Crippen LogP contribution < -0.4 is 5.32 Å². The first-order chi connectivity index (χ1) is 10.7. The van der Waals surface area contributed by atoms with Gasteiger partial charge in [0.1, 0.15) is 5.52 Å². The first-order valence-electron chi connectivity index (χ1n) is 6.68. The molecule has 22 heavy (non-hydrogen) atoms. The molecule has 0 fully saturated rings. The van der Waals surface area contributed by atoms with Gasteiger partial charge < -0.3 is 9.73 Å². The van der Waals surface area contributed by atoms with Crippen molar-refractivity contribution in [2.75, 3.05) is 5.32 Å². The van der Waals surface area contributed by atoms with Gasteiger partial charge in [0, 0.05) is 6.07 Å². The third kappa shape index (κ3) is 2.08. The summed E-state index contributed by atoms with van der Waals surface area (Å²) in [7, 11) is 0. The van der Waals surface area contributed by atoms with Crippen molar-refractivity contribution in [1.82, 2.24) is 19.6 Å². The number of oxazole rings is 1. The van der Waals surface area contributed by atoms with Crippen LogP contribution in [0.2, 0.25) is 0 Å². The van der Waals surface area contributed by atoms with Gasteiger partial charge in [0.25, 0.3) is 5.89 Å². The molecule has 0 saturated heterocycles. The topological polar surface area (TPSA) is 85.3 Å². The fourth-order valence-electron chi connectivity index (χ4n) is 2.21. The molecular weight excluding hydrogens is 282 g/mol. The van der Waals surface area contributed by atoms with Gasteiger partial charge in [-0.1, -0.05) is 12.1 Å². The number of benzene rings is 1. The summed E-state index contributed by atoms with van der Waals surface area (Å²) >= 11 is 0. The van der Waals surface area contributed by atoms with Crippen LogP contribution in [0.5, 0.6) is 0 Å². The number of aryl methyl sites for hydroxylation is 1. The normalized spacial score (nSPS) is 11.1. The van der Waals surface area contributed by atoms with Gasteiger partial charge >= 0.3 is 5.91 Å². The van der Waals surface area contributed by atoms with Gasteiger partial charge in [-0.2, -0.15) is 5.10 Å². The number of anilines is 1. The number of hydrogen-bond donors (Lipinski definition) is 1. The lowest BCUT2D eigenvalue weighted by Gasteiger charge is -2.02. The Bertz CT molecular complexity index is 968. The minimum Gasteiger partial charge on any atom is -0.432 e. The summed E-state index contributed by atoms with van der Waals surface area (Å²) in [6.07, 6.45) is 3.26. The molecule has 4 rings (SSSR count). The van der Waals surface area contributed by atoms with Crippen LogP contribution in [0, 0.1) is 6.92 Å². The van der Waals surface area contributed by atoms with E-state index >= 15 is 0 Å². The van der Waals surface area contributed by atoms with Crippen LogP contribution in [0.1, 0.15) is 16.4 Å². The zero-order valence-corrected chi connectivity index (χ0v) is 11.6. The number of nitrogens with one attached hydrogen (secondary N) is 1. The first-order valence-corrected chi connectivity index (χ1v) is 6.68. The molecule has 0 saturated carbocycles. The van der Waals surface area contributed by atoms with Crippen molar-refractivity contribution in [3.05, 3.63) is 54.3 Å². The molecule has 0 aliphatic carbocycles. The zero-order valence-electron chi connectivity index (χ0n) is 11.6. The highest BCUT2D eigenvalue weighted by molar-refractivity contribution is 6.02. The van der Waals surface area contributed by atoms with E-state index in [1.165, 1.54) is 0 Å². The third-order valence-electron chi connectivity index (χ3n) is 3.18. The molecule has 0 radical (unpaired) electrons. The van der Waals surface area contributed by atoms with Crippen molar-refractivity contribution in [1.29, 1.82) is 0 Å². The van der Waals surface area contributed by atoms with Crippen molar-refractivity contribution in [2.45, 2.75) is 6.92 Å². The molecule has 1 amide bonds. The summed E-state index contributed by atoms with van der Waals surface area (Å²) in [4.78, 5) is 20.6. The van der Waals surface area contributed by atoms with E-state index in [9.17, 15) is 4.79 Å². The van der Waals surface area contributed by atoms with Gasteiger partial charge in [0.05, 0.1) is 23.8 Å². The lowest BCUT2D eigenvalue weighted by atomic mass is 10.3. The maximum Gasteiger partial charge on any atom is 0.311 e. The number of nitrogens with zero attached hydrogens (tertiary/aromatic N) is 4. The van der Waals surface area contributed by atoms with Crippen LogP contribution in [0.25, 0.3) is 16.7 Å². The van der Waals surface area contributed by atoms with Gasteiger partial charge in [-0.25, -0.2) is 14.5 Å². The summed E-state index contributed by atoms with van der Waals surface area (Å²) < 4.78 is 7.04. The van der Waals surface area contributed by atoms with Crippen molar-refractivity contribution in [3.8, 4) is 0 Å². The molecule has 1 N–H and O–H groups in total. The van der Waals surface area contributed by atoms with Gasteiger partial charge in [-0.05, 0) is 19.1 Å². The number of hydrogen-bond acceptors (Lipinski definition) is 5. The Morgan fingerprint density at radius 3 is 3.05 bits per heavy atom. The standard InChI is InChI=1S/C15H11N5O2/c1-9-6-13-16-7-10(8-20(13)19-9)17-14(21)15-18-11-4-2-3-5-12(11)22-15/h2-8H,1H3,(H,17,21). The summed E-state index contributed by atoms with van der Waals surface area (Å²) in [5.74, 6) is -0.417. The molecule has 108 valence electrons. The number of fused-ring (bicyclic) bond motifs is 2. The average molecular weight is 293 g/mol. The largest absolute Gasteiger partial charge is 0.432 e. The van der Waals surface area contributed by atoms with Gasteiger partial charge in [0.2, 0.25) is 0 Å². The fraction of sp³-hybridized carbons (Fsp3) is 0.0667. The monoisotopic (exact) mass is 293 g/mol. The molecule has 0 unspecified atom stereocenters. The number of carbonyl (C=O) groups excluding carboxylic acids is 1. The Morgan fingerprint density at radius 2 is 2.18 bits per heavy atom. The predicted octanol–water partition coefficient (Wildman–Crippen LogP) is 2.43. The maximum atomic E-state index is 12.2. The van der Waals surface area contributed by atoms with Crippen molar-refractivity contribution < 1.29 is 9.21 Å². The number of aromatic nitrogens is 4. The lowest BCUT2D eigenvalue weighted by Crippen LogP contribution is -2.13. The van der Waals surface area contributed by atoms with E-state index in [4.69, 9.17) is 4.42 Å². The Labute approximate surface area is 124 Å². The second-order valence-electron chi connectivity index (χ2n) is 4.87.